The van der Waals surface area contributed by atoms with Crippen molar-refractivity contribution in [2.24, 2.45) is 0 Å². The van der Waals surface area contributed by atoms with E-state index in [-0.39, 0.29) is 6.01 Å². The van der Waals surface area contributed by atoms with E-state index >= 15 is 0 Å². The van der Waals surface area contributed by atoms with E-state index in [1.807, 2.05) is 0 Å². The highest BCUT2D eigenvalue weighted by atomic mass is 79.9. The lowest BCUT2D eigenvalue weighted by Crippen LogP contribution is -1.84. The Morgan fingerprint density at radius 1 is 1.33 bits per heavy atom. The molecule has 4 N–H and O–H groups in total. The molecule has 1 aromatic carbocycles. The number of fused-ring (bicyclic) bond motifs is 1. The minimum Gasteiger partial charge on any atom is -0.422 e. The summed E-state index contributed by atoms with van der Waals surface area (Å²) in [6.07, 6.45) is 0. The molecule has 2 aromatic rings. The number of nitrogens with two attached hydrogens (primary N) is 2. The monoisotopic (exact) mass is 227 g/mol. The molecule has 0 saturated heterocycles. The molecule has 0 spiro atoms. The fourth-order valence-electron chi connectivity index (χ4n) is 1.03. The fraction of sp³-hybridized carbons (Fsp3) is 0. The van der Waals surface area contributed by atoms with Gasteiger partial charge in [0.05, 0.1) is 4.47 Å². The number of aromatic nitrogens is 1. The molecule has 0 saturated carbocycles. The minimum atomic E-state index is 0.149. The average molecular weight is 228 g/mol. The second kappa shape index (κ2) is 2.38. The molecule has 2 rings (SSSR count). The van der Waals surface area contributed by atoms with E-state index in [1.54, 1.807) is 12.1 Å². The quantitative estimate of drug-likeness (QED) is 0.673. The molecule has 0 aliphatic rings. The number of halogens is 1. The van der Waals surface area contributed by atoms with E-state index < -0.39 is 0 Å². The third-order valence-corrected chi connectivity index (χ3v) is 2.07. The van der Waals surface area contributed by atoms with Gasteiger partial charge in [-0.15, -0.1) is 0 Å². The van der Waals surface area contributed by atoms with Crippen LogP contribution in [0.2, 0.25) is 0 Å². The lowest BCUT2D eigenvalue weighted by Gasteiger charge is -1.93. The second-order valence-corrected chi connectivity index (χ2v) is 3.26. The van der Waals surface area contributed by atoms with Gasteiger partial charge in [0, 0.05) is 5.69 Å². The smallest absolute Gasteiger partial charge is 0.293 e. The summed E-state index contributed by atoms with van der Waals surface area (Å²) in [4.78, 5) is 3.94. The van der Waals surface area contributed by atoms with Crippen LogP contribution in [-0.2, 0) is 0 Å². The molecule has 4 nitrogen and oxygen atoms in total. The lowest BCUT2D eigenvalue weighted by atomic mass is 10.3. The number of nitrogen functional groups attached to an aromatic ring is 2. The number of anilines is 2. The first kappa shape index (κ1) is 7.42. The lowest BCUT2D eigenvalue weighted by molar-refractivity contribution is 0.624. The number of rotatable bonds is 0. The summed E-state index contributed by atoms with van der Waals surface area (Å²) in [7, 11) is 0. The van der Waals surface area contributed by atoms with Gasteiger partial charge in [0.25, 0.3) is 6.01 Å². The van der Waals surface area contributed by atoms with Crippen molar-refractivity contribution in [1.29, 1.82) is 0 Å². The van der Waals surface area contributed by atoms with Gasteiger partial charge in [-0.05, 0) is 28.1 Å². The number of hydrogen-bond donors (Lipinski definition) is 2. The summed E-state index contributed by atoms with van der Waals surface area (Å²) >= 11 is 3.29. The van der Waals surface area contributed by atoms with Gasteiger partial charge in [-0.2, -0.15) is 4.98 Å². The Balaban J connectivity index is 2.88. The Morgan fingerprint density at radius 3 is 2.83 bits per heavy atom. The van der Waals surface area contributed by atoms with Gasteiger partial charge >= 0.3 is 0 Å². The van der Waals surface area contributed by atoms with Crippen molar-refractivity contribution in [3.63, 3.8) is 0 Å². The molecule has 0 amide bonds. The predicted molar refractivity (Wildman–Crippen MR) is 50.5 cm³/mol. The molecule has 1 aromatic heterocycles. The van der Waals surface area contributed by atoms with E-state index in [0.29, 0.717) is 16.8 Å². The molecule has 1 heterocycles. The molecule has 62 valence electrons. The molecule has 0 aliphatic heterocycles. The van der Waals surface area contributed by atoms with Gasteiger partial charge in [-0.3, -0.25) is 0 Å². The SMILES string of the molecule is Nc1cc(Br)c2oc(N)nc2c1. The summed E-state index contributed by atoms with van der Waals surface area (Å²) in [6, 6.07) is 3.60. The van der Waals surface area contributed by atoms with Gasteiger partial charge in [0.1, 0.15) is 5.52 Å². The average Bonchev–Trinajstić information content (AvgIpc) is 2.29. The third kappa shape index (κ3) is 1.02. The number of benzene rings is 1. The summed E-state index contributed by atoms with van der Waals surface area (Å²) in [5, 5.41) is 0. The van der Waals surface area contributed by atoms with Gasteiger partial charge in [-0.1, -0.05) is 0 Å². The van der Waals surface area contributed by atoms with Crippen molar-refractivity contribution in [2.45, 2.75) is 0 Å². The highest BCUT2D eigenvalue weighted by Gasteiger charge is 2.06. The van der Waals surface area contributed by atoms with Crippen LogP contribution < -0.4 is 11.5 Å². The Kier molecular flexibility index (Phi) is 1.47. The van der Waals surface area contributed by atoms with Crippen molar-refractivity contribution < 1.29 is 4.42 Å². The van der Waals surface area contributed by atoms with Crippen LogP contribution in [0.15, 0.2) is 21.0 Å². The normalized spacial score (nSPS) is 10.8. The van der Waals surface area contributed by atoms with E-state index in [4.69, 9.17) is 15.9 Å². The zero-order chi connectivity index (χ0) is 8.72. The number of nitrogens with zero attached hydrogens (tertiary/aromatic N) is 1. The first-order chi connectivity index (χ1) is 5.66. The van der Waals surface area contributed by atoms with E-state index in [2.05, 4.69) is 20.9 Å². The first-order valence-corrected chi connectivity index (χ1v) is 4.07. The van der Waals surface area contributed by atoms with Crippen LogP contribution >= 0.6 is 15.9 Å². The topological polar surface area (TPSA) is 78.1 Å². The first-order valence-electron chi connectivity index (χ1n) is 3.28. The van der Waals surface area contributed by atoms with Crippen LogP contribution in [0.1, 0.15) is 0 Å². The number of oxazole rings is 1. The zero-order valence-electron chi connectivity index (χ0n) is 6.04. The minimum absolute atomic E-state index is 0.149. The van der Waals surface area contributed by atoms with Crippen molar-refractivity contribution in [3.05, 3.63) is 16.6 Å². The maximum Gasteiger partial charge on any atom is 0.293 e. The van der Waals surface area contributed by atoms with Gasteiger partial charge in [0.15, 0.2) is 5.58 Å². The maximum atomic E-state index is 5.58. The van der Waals surface area contributed by atoms with Crippen LogP contribution in [0.3, 0.4) is 0 Å². The highest BCUT2D eigenvalue weighted by Crippen LogP contribution is 2.28. The van der Waals surface area contributed by atoms with Crippen LogP contribution in [-0.4, -0.2) is 4.98 Å². The molecule has 0 aliphatic carbocycles. The highest BCUT2D eigenvalue weighted by molar-refractivity contribution is 9.10. The van der Waals surface area contributed by atoms with Gasteiger partial charge in [-0.25, -0.2) is 0 Å². The van der Waals surface area contributed by atoms with Crippen LogP contribution in [0.5, 0.6) is 0 Å². The maximum absolute atomic E-state index is 5.58. The van der Waals surface area contributed by atoms with Crippen LogP contribution in [0.4, 0.5) is 11.7 Å². The van der Waals surface area contributed by atoms with Crippen molar-refractivity contribution >= 4 is 38.7 Å². The Labute approximate surface area is 76.7 Å². The van der Waals surface area contributed by atoms with Gasteiger partial charge < -0.3 is 15.9 Å². The molecule has 0 fully saturated rings. The summed E-state index contributed by atoms with van der Waals surface area (Å²) in [6.45, 7) is 0. The van der Waals surface area contributed by atoms with Crippen LogP contribution in [0, 0.1) is 0 Å². The molecule has 0 atom stereocenters. The Bertz CT molecular complexity index is 437. The third-order valence-electron chi connectivity index (χ3n) is 1.48. The molecule has 12 heavy (non-hydrogen) atoms. The molecule has 0 unspecified atom stereocenters. The summed E-state index contributed by atoms with van der Waals surface area (Å²) in [5.74, 6) is 0. The largest absolute Gasteiger partial charge is 0.422 e. The van der Waals surface area contributed by atoms with Crippen molar-refractivity contribution in [3.8, 4) is 0 Å². The summed E-state index contributed by atoms with van der Waals surface area (Å²) < 4.78 is 5.88. The number of hydrogen-bond acceptors (Lipinski definition) is 4. The molecule has 5 heteroatoms. The standard InChI is InChI=1S/C7H6BrN3O/c8-4-1-3(9)2-5-6(4)12-7(10)11-5/h1-2H,9H2,(H2,10,11). The van der Waals surface area contributed by atoms with E-state index in [1.165, 1.54) is 0 Å². The molecule has 0 bridgehead atoms. The molecule has 0 radical (unpaired) electrons. The van der Waals surface area contributed by atoms with Crippen molar-refractivity contribution in [2.75, 3.05) is 11.5 Å². The molecular weight excluding hydrogens is 222 g/mol. The Morgan fingerprint density at radius 2 is 2.08 bits per heavy atom. The fourth-order valence-corrected chi connectivity index (χ4v) is 1.58. The van der Waals surface area contributed by atoms with Crippen molar-refractivity contribution in [1.82, 2.24) is 4.98 Å². The van der Waals surface area contributed by atoms with Gasteiger partial charge in [0.2, 0.25) is 0 Å². The van der Waals surface area contributed by atoms with E-state index in [9.17, 15) is 0 Å². The summed E-state index contributed by atoms with van der Waals surface area (Å²) in [5.41, 5.74) is 12.9. The second-order valence-electron chi connectivity index (χ2n) is 2.40. The molecular formula is C7H6BrN3O. The van der Waals surface area contributed by atoms with E-state index in [0.717, 1.165) is 4.47 Å². The zero-order valence-corrected chi connectivity index (χ0v) is 7.63. The van der Waals surface area contributed by atoms with Crippen LogP contribution in [0.25, 0.3) is 11.1 Å². The Hall–Kier alpha value is -1.23. The predicted octanol–water partition coefficient (Wildman–Crippen LogP) is 1.75.